The maximum Gasteiger partial charge on any atom is 0.353 e. The van der Waals surface area contributed by atoms with Crippen LogP contribution < -0.4 is 16.0 Å². The molecule has 9 nitrogen and oxygen atoms in total. The molecule has 9 heteroatoms. The van der Waals surface area contributed by atoms with Gasteiger partial charge in [0, 0.05) is 26.2 Å². The molecule has 0 aromatic carbocycles. The Bertz CT molecular complexity index is 605. The normalized spacial score (nSPS) is 24.1. The van der Waals surface area contributed by atoms with Crippen molar-refractivity contribution < 1.29 is 9.66 Å². The minimum atomic E-state index is -0.532. The van der Waals surface area contributed by atoms with E-state index in [2.05, 4.69) is 22.2 Å². The van der Waals surface area contributed by atoms with Crippen molar-refractivity contribution in [1.82, 2.24) is 9.97 Å². The molecule has 1 aromatic heterocycles. The van der Waals surface area contributed by atoms with Crippen molar-refractivity contribution in [2.45, 2.75) is 38.7 Å². The van der Waals surface area contributed by atoms with Crippen LogP contribution in [0.5, 0.6) is 0 Å². The van der Waals surface area contributed by atoms with Crippen molar-refractivity contribution in [3.63, 3.8) is 0 Å². The number of nitrogens with two attached hydrogens (primary N) is 1. The van der Waals surface area contributed by atoms with Crippen LogP contribution in [0.3, 0.4) is 0 Å². The van der Waals surface area contributed by atoms with E-state index in [9.17, 15) is 10.1 Å². The van der Waals surface area contributed by atoms with E-state index in [4.69, 9.17) is 10.5 Å². The number of piperidine rings is 1. The Balaban J connectivity index is 1.83. The first-order valence-electron chi connectivity index (χ1n) is 8.47. The van der Waals surface area contributed by atoms with Gasteiger partial charge in [-0.05, 0) is 31.6 Å². The molecule has 2 aliphatic heterocycles. The van der Waals surface area contributed by atoms with Crippen LogP contribution in [0.4, 0.5) is 23.3 Å². The first-order chi connectivity index (χ1) is 11.5. The molecule has 2 aliphatic rings. The average Bonchev–Trinajstić information content (AvgIpc) is 3.05. The first kappa shape index (κ1) is 16.7. The van der Waals surface area contributed by atoms with Gasteiger partial charge >= 0.3 is 5.69 Å². The minimum Gasteiger partial charge on any atom is -0.378 e. The predicted octanol–water partition coefficient (Wildman–Crippen LogP) is 1.79. The molecular weight excluding hydrogens is 312 g/mol. The SMILES string of the molecule is C[C@H]1CCCN(c2nc(N)c([N+](=O)[O-])c(NC[C@@H]3CCCO3)n2)C1. The van der Waals surface area contributed by atoms with Crippen LogP contribution in [0.25, 0.3) is 0 Å². The summed E-state index contributed by atoms with van der Waals surface area (Å²) in [5, 5.41) is 14.4. The van der Waals surface area contributed by atoms with Gasteiger partial charge in [-0.2, -0.15) is 9.97 Å². The van der Waals surface area contributed by atoms with Crippen LogP contribution >= 0.6 is 0 Å². The Morgan fingerprint density at radius 3 is 2.92 bits per heavy atom. The van der Waals surface area contributed by atoms with Crippen LogP contribution in [0.15, 0.2) is 0 Å². The van der Waals surface area contributed by atoms with E-state index in [0.717, 1.165) is 39.0 Å². The summed E-state index contributed by atoms with van der Waals surface area (Å²) in [4.78, 5) is 21.4. The highest BCUT2D eigenvalue weighted by Gasteiger charge is 2.27. The standard InChI is InChI=1S/C15H24N6O3/c1-10-4-2-6-20(9-10)15-18-13(16)12(21(22)23)14(19-15)17-8-11-5-3-7-24-11/h10-11H,2-9H2,1H3,(H3,16,17,18,19)/t10-,11-/m0/s1. The lowest BCUT2D eigenvalue weighted by molar-refractivity contribution is -0.383. The molecule has 0 aliphatic carbocycles. The lowest BCUT2D eigenvalue weighted by Gasteiger charge is -2.31. The van der Waals surface area contributed by atoms with Crippen LogP contribution in [-0.4, -0.2) is 47.2 Å². The Labute approximate surface area is 140 Å². The van der Waals surface area contributed by atoms with Gasteiger partial charge in [0.1, 0.15) is 0 Å². The van der Waals surface area contributed by atoms with Gasteiger partial charge in [0.15, 0.2) is 0 Å². The number of aromatic nitrogens is 2. The van der Waals surface area contributed by atoms with Crippen molar-refractivity contribution in [1.29, 1.82) is 0 Å². The first-order valence-corrected chi connectivity index (χ1v) is 8.47. The van der Waals surface area contributed by atoms with E-state index < -0.39 is 4.92 Å². The van der Waals surface area contributed by atoms with E-state index >= 15 is 0 Å². The van der Waals surface area contributed by atoms with Crippen molar-refractivity contribution in [3.8, 4) is 0 Å². The molecule has 0 saturated carbocycles. The van der Waals surface area contributed by atoms with Crippen molar-refractivity contribution in [2.24, 2.45) is 5.92 Å². The third kappa shape index (κ3) is 3.66. The zero-order chi connectivity index (χ0) is 17.1. The molecule has 0 bridgehead atoms. The molecule has 2 fully saturated rings. The zero-order valence-corrected chi connectivity index (χ0v) is 13.9. The highest BCUT2D eigenvalue weighted by molar-refractivity contribution is 5.70. The summed E-state index contributed by atoms with van der Waals surface area (Å²) in [6.07, 6.45) is 4.23. The molecule has 3 rings (SSSR count). The van der Waals surface area contributed by atoms with E-state index in [-0.39, 0.29) is 23.4 Å². The second kappa shape index (κ2) is 7.16. The molecule has 0 unspecified atom stereocenters. The van der Waals surface area contributed by atoms with E-state index in [1.54, 1.807) is 0 Å². The fourth-order valence-corrected chi connectivity index (χ4v) is 3.29. The van der Waals surface area contributed by atoms with Gasteiger partial charge in [-0.1, -0.05) is 6.92 Å². The maximum atomic E-state index is 11.3. The predicted molar refractivity (Wildman–Crippen MR) is 91.2 cm³/mol. The quantitative estimate of drug-likeness (QED) is 0.617. The van der Waals surface area contributed by atoms with Gasteiger partial charge in [-0.3, -0.25) is 10.1 Å². The summed E-state index contributed by atoms with van der Waals surface area (Å²) in [5.74, 6) is 1.08. The molecule has 1 aromatic rings. The van der Waals surface area contributed by atoms with E-state index in [0.29, 0.717) is 18.4 Å². The lowest BCUT2D eigenvalue weighted by Crippen LogP contribution is -2.35. The number of anilines is 3. The maximum absolute atomic E-state index is 11.3. The monoisotopic (exact) mass is 336 g/mol. The molecule has 3 N–H and O–H groups in total. The largest absolute Gasteiger partial charge is 0.378 e. The number of rotatable bonds is 5. The second-order valence-electron chi connectivity index (χ2n) is 6.57. The van der Waals surface area contributed by atoms with Gasteiger partial charge in [-0.15, -0.1) is 0 Å². The summed E-state index contributed by atoms with van der Waals surface area (Å²) in [6.45, 7) is 5.07. The lowest BCUT2D eigenvalue weighted by atomic mass is 10.0. The number of nitrogens with one attached hydrogen (secondary N) is 1. The van der Waals surface area contributed by atoms with Crippen LogP contribution in [-0.2, 0) is 4.74 Å². The molecule has 0 spiro atoms. The Morgan fingerprint density at radius 1 is 1.42 bits per heavy atom. The summed E-state index contributed by atoms with van der Waals surface area (Å²) < 4.78 is 5.55. The minimum absolute atomic E-state index is 0.0549. The number of hydrogen-bond donors (Lipinski definition) is 2. The highest BCUT2D eigenvalue weighted by Crippen LogP contribution is 2.31. The van der Waals surface area contributed by atoms with Gasteiger partial charge in [0.05, 0.1) is 11.0 Å². The third-order valence-electron chi connectivity index (χ3n) is 4.54. The Kier molecular flexibility index (Phi) is 4.98. The van der Waals surface area contributed by atoms with Gasteiger partial charge in [0.25, 0.3) is 0 Å². The van der Waals surface area contributed by atoms with Crippen molar-refractivity contribution in [3.05, 3.63) is 10.1 Å². The van der Waals surface area contributed by atoms with Crippen molar-refractivity contribution >= 4 is 23.3 Å². The third-order valence-corrected chi connectivity index (χ3v) is 4.54. The molecule has 24 heavy (non-hydrogen) atoms. The topological polar surface area (TPSA) is 119 Å². The van der Waals surface area contributed by atoms with Crippen LogP contribution in [0.2, 0.25) is 0 Å². The van der Waals surface area contributed by atoms with Gasteiger partial charge in [-0.25, -0.2) is 0 Å². The Morgan fingerprint density at radius 2 is 2.25 bits per heavy atom. The molecule has 3 heterocycles. The number of hydrogen-bond acceptors (Lipinski definition) is 8. The van der Waals surface area contributed by atoms with Crippen LogP contribution in [0, 0.1) is 16.0 Å². The molecule has 0 amide bonds. The molecular formula is C15H24N6O3. The molecule has 2 saturated heterocycles. The average molecular weight is 336 g/mol. The van der Waals surface area contributed by atoms with Crippen LogP contribution in [0.1, 0.15) is 32.6 Å². The number of ether oxygens (including phenoxy) is 1. The second-order valence-corrected chi connectivity index (χ2v) is 6.57. The van der Waals surface area contributed by atoms with E-state index in [1.807, 2.05) is 4.90 Å². The fourth-order valence-electron chi connectivity index (χ4n) is 3.29. The number of nitro groups is 1. The number of nitrogen functional groups attached to an aromatic ring is 1. The molecule has 132 valence electrons. The summed E-state index contributed by atoms with van der Waals surface area (Å²) in [7, 11) is 0. The smallest absolute Gasteiger partial charge is 0.353 e. The molecule has 2 atom stereocenters. The molecule has 0 radical (unpaired) electrons. The zero-order valence-electron chi connectivity index (χ0n) is 13.9. The summed E-state index contributed by atoms with van der Waals surface area (Å²) in [6, 6.07) is 0. The fraction of sp³-hybridized carbons (Fsp3) is 0.733. The van der Waals surface area contributed by atoms with E-state index in [1.165, 1.54) is 6.42 Å². The summed E-state index contributed by atoms with van der Waals surface area (Å²) in [5.41, 5.74) is 5.60. The highest BCUT2D eigenvalue weighted by atomic mass is 16.6. The summed E-state index contributed by atoms with van der Waals surface area (Å²) >= 11 is 0. The van der Waals surface area contributed by atoms with Gasteiger partial charge < -0.3 is 20.7 Å². The number of nitrogens with zero attached hydrogens (tertiary/aromatic N) is 4. The van der Waals surface area contributed by atoms with Crippen molar-refractivity contribution in [2.75, 3.05) is 42.2 Å². The Hall–Kier alpha value is -2.16. The van der Waals surface area contributed by atoms with Gasteiger partial charge in [0.2, 0.25) is 17.6 Å².